The summed E-state index contributed by atoms with van der Waals surface area (Å²) in [6.45, 7) is 0. The van der Waals surface area contributed by atoms with E-state index in [1.54, 1.807) is 6.26 Å². The van der Waals surface area contributed by atoms with Crippen LogP contribution in [0.3, 0.4) is 0 Å². The lowest BCUT2D eigenvalue weighted by Crippen LogP contribution is -2.33. The van der Waals surface area contributed by atoms with Gasteiger partial charge in [0, 0.05) is 23.2 Å². The zero-order valence-corrected chi connectivity index (χ0v) is 15.4. The van der Waals surface area contributed by atoms with Gasteiger partial charge in [-0.2, -0.15) is 0 Å². The van der Waals surface area contributed by atoms with Crippen molar-refractivity contribution in [3.63, 3.8) is 0 Å². The fraction of sp³-hybridized carbons (Fsp3) is 0.292. The van der Waals surface area contributed by atoms with Gasteiger partial charge in [0.1, 0.15) is 5.76 Å². The average Bonchev–Trinajstić information content (AvgIpc) is 3.22. The highest BCUT2D eigenvalue weighted by Crippen LogP contribution is 2.35. The molecule has 0 bridgehead atoms. The van der Waals surface area contributed by atoms with Crippen molar-refractivity contribution in [2.75, 3.05) is 5.32 Å². The van der Waals surface area contributed by atoms with Gasteiger partial charge in [0.25, 0.3) is 0 Å². The van der Waals surface area contributed by atoms with Crippen molar-refractivity contribution < 1.29 is 4.42 Å². The second-order valence-electron chi connectivity index (χ2n) is 7.60. The Labute approximate surface area is 159 Å². The van der Waals surface area contributed by atoms with E-state index in [0.29, 0.717) is 12.0 Å². The lowest BCUT2D eigenvalue weighted by Gasteiger charge is -2.33. The van der Waals surface area contributed by atoms with E-state index in [4.69, 9.17) is 9.40 Å². The molecule has 2 heterocycles. The van der Waals surface area contributed by atoms with Gasteiger partial charge in [-0.05, 0) is 43.0 Å². The van der Waals surface area contributed by atoms with E-state index in [2.05, 4.69) is 59.9 Å². The second-order valence-corrected chi connectivity index (χ2v) is 7.60. The summed E-state index contributed by atoms with van der Waals surface area (Å²) in [6, 6.07) is 21.5. The van der Waals surface area contributed by atoms with E-state index in [9.17, 15) is 0 Å². The number of pyridine rings is 1. The Balaban J connectivity index is 1.55. The van der Waals surface area contributed by atoms with Crippen LogP contribution in [-0.4, -0.2) is 11.0 Å². The highest BCUT2D eigenvalue weighted by molar-refractivity contribution is 6.07. The summed E-state index contributed by atoms with van der Waals surface area (Å²) >= 11 is 0. The molecule has 1 saturated carbocycles. The van der Waals surface area contributed by atoms with Gasteiger partial charge in [0.2, 0.25) is 0 Å². The zero-order valence-electron chi connectivity index (χ0n) is 15.4. The van der Waals surface area contributed by atoms with E-state index in [-0.39, 0.29) is 0 Å². The number of para-hydroxylation sites is 2. The van der Waals surface area contributed by atoms with Crippen LogP contribution >= 0.6 is 0 Å². The number of furan rings is 1. The molecule has 5 rings (SSSR count). The smallest absolute Gasteiger partial charge is 0.104 e. The number of hydrogen-bond donors (Lipinski definition) is 1. The third-order valence-electron chi connectivity index (χ3n) is 5.87. The third kappa shape index (κ3) is 3.18. The van der Waals surface area contributed by atoms with Crippen LogP contribution in [0.1, 0.15) is 31.4 Å². The third-order valence-corrected chi connectivity index (χ3v) is 5.87. The first-order valence-corrected chi connectivity index (χ1v) is 9.95. The van der Waals surface area contributed by atoms with Crippen LogP contribution in [0.4, 0.5) is 5.69 Å². The van der Waals surface area contributed by atoms with Crippen molar-refractivity contribution in [1.29, 1.82) is 0 Å². The van der Waals surface area contributed by atoms with Gasteiger partial charge in [-0.1, -0.05) is 49.2 Å². The summed E-state index contributed by atoms with van der Waals surface area (Å²) in [4.78, 5) is 4.86. The average molecular weight is 356 g/mol. The van der Waals surface area contributed by atoms with E-state index in [0.717, 1.165) is 23.2 Å². The molecule has 0 saturated heterocycles. The van der Waals surface area contributed by atoms with Crippen LogP contribution in [0.25, 0.3) is 21.8 Å². The minimum absolute atomic E-state index is 0.457. The standard InChI is InChI=1S/C24H24N2O/c1-4-12-21(17(8-1)16-18-9-7-15-27-18)26-24-19-10-2-5-13-22(19)25-23-14-6-3-11-20(23)24/h2-3,5-7,9-11,13-15,17,21H,1,4,8,12,16H2,(H,25,26)/t17-,21-/m1/s1. The Morgan fingerprint density at radius 3 is 2.26 bits per heavy atom. The van der Waals surface area contributed by atoms with Crippen molar-refractivity contribution in [1.82, 2.24) is 4.98 Å². The summed E-state index contributed by atoms with van der Waals surface area (Å²) in [5.41, 5.74) is 3.33. The lowest BCUT2D eigenvalue weighted by molar-refractivity contribution is 0.306. The molecule has 1 aliphatic carbocycles. The van der Waals surface area contributed by atoms with Crippen LogP contribution < -0.4 is 5.32 Å². The minimum Gasteiger partial charge on any atom is -0.469 e. The first kappa shape index (κ1) is 16.4. The van der Waals surface area contributed by atoms with E-state index >= 15 is 0 Å². The molecule has 0 aliphatic heterocycles. The van der Waals surface area contributed by atoms with Gasteiger partial charge in [-0.3, -0.25) is 0 Å². The van der Waals surface area contributed by atoms with Crippen LogP contribution in [0, 0.1) is 5.92 Å². The maximum atomic E-state index is 5.64. The minimum atomic E-state index is 0.457. The summed E-state index contributed by atoms with van der Waals surface area (Å²) < 4.78 is 5.64. The molecule has 136 valence electrons. The Morgan fingerprint density at radius 2 is 1.56 bits per heavy atom. The number of fused-ring (bicyclic) bond motifs is 2. The van der Waals surface area contributed by atoms with Crippen molar-refractivity contribution in [3.8, 4) is 0 Å². The molecule has 1 aliphatic rings. The summed E-state index contributed by atoms with van der Waals surface area (Å²) in [6.07, 6.45) is 7.83. The molecule has 27 heavy (non-hydrogen) atoms. The number of rotatable bonds is 4. The number of anilines is 1. The highest BCUT2D eigenvalue weighted by atomic mass is 16.3. The van der Waals surface area contributed by atoms with E-state index < -0.39 is 0 Å². The predicted octanol–water partition coefficient (Wildman–Crippen LogP) is 6.19. The predicted molar refractivity (Wildman–Crippen MR) is 111 cm³/mol. The molecule has 0 unspecified atom stereocenters. The van der Waals surface area contributed by atoms with Gasteiger partial charge < -0.3 is 9.73 Å². The summed E-state index contributed by atoms with van der Waals surface area (Å²) in [7, 11) is 0. The number of nitrogens with one attached hydrogen (secondary N) is 1. The molecular weight excluding hydrogens is 332 g/mol. The molecule has 0 amide bonds. The second kappa shape index (κ2) is 7.07. The normalized spacial score (nSPS) is 20.1. The monoisotopic (exact) mass is 356 g/mol. The quantitative estimate of drug-likeness (QED) is 0.443. The van der Waals surface area contributed by atoms with Crippen LogP contribution in [-0.2, 0) is 6.42 Å². The Kier molecular flexibility index (Phi) is 4.29. The molecule has 4 aromatic rings. The lowest BCUT2D eigenvalue weighted by atomic mass is 9.81. The van der Waals surface area contributed by atoms with Crippen LogP contribution in [0.5, 0.6) is 0 Å². The molecule has 0 spiro atoms. The molecule has 1 N–H and O–H groups in total. The molecule has 2 aromatic carbocycles. The van der Waals surface area contributed by atoms with Gasteiger partial charge in [-0.25, -0.2) is 4.98 Å². The molecule has 2 atom stereocenters. The fourth-order valence-corrected chi connectivity index (χ4v) is 4.51. The van der Waals surface area contributed by atoms with Crippen molar-refractivity contribution in [2.45, 2.75) is 38.1 Å². The maximum absolute atomic E-state index is 5.64. The summed E-state index contributed by atoms with van der Waals surface area (Å²) in [5, 5.41) is 6.36. The Bertz CT molecular complexity index is 1000. The van der Waals surface area contributed by atoms with Crippen molar-refractivity contribution in [3.05, 3.63) is 72.7 Å². The van der Waals surface area contributed by atoms with Gasteiger partial charge in [0.15, 0.2) is 0 Å². The zero-order chi connectivity index (χ0) is 18.1. The SMILES string of the molecule is c1coc(C[C@H]2CCCC[C@H]2Nc2c3ccccc3nc3ccccc23)c1. The number of benzene rings is 2. The first-order chi connectivity index (χ1) is 13.4. The van der Waals surface area contributed by atoms with Gasteiger partial charge >= 0.3 is 0 Å². The number of hydrogen-bond acceptors (Lipinski definition) is 3. The van der Waals surface area contributed by atoms with Crippen LogP contribution in [0.2, 0.25) is 0 Å². The Morgan fingerprint density at radius 1 is 0.852 bits per heavy atom. The molecule has 0 radical (unpaired) electrons. The molecule has 3 heteroatoms. The topological polar surface area (TPSA) is 38.1 Å². The van der Waals surface area contributed by atoms with Gasteiger partial charge in [0.05, 0.1) is 23.0 Å². The number of aromatic nitrogens is 1. The first-order valence-electron chi connectivity index (χ1n) is 9.95. The fourth-order valence-electron chi connectivity index (χ4n) is 4.51. The van der Waals surface area contributed by atoms with Gasteiger partial charge in [-0.15, -0.1) is 0 Å². The molecular formula is C24H24N2O. The molecule has 2 aromatic heterocycles. The van der Waals surface area contributed by atoms with E-state index in [1.807, 2.05) is 6.07 Å². The number of nitrogens with zero attached hydrogens (tertiary/aromatic N) is 1. The highest BCUT2D eigenvalue weighted by Gasteiger charge is 2.27. The molecule has 3 nitrogen and oxygen atoms in total. The van der Waals surface area contributed by atoms with E-state index in [1.165, 1.54) is 42.1 Å². The van der Waals surface area contributed by atoms with Crippen LogP contribution in [0.15, 0.2) is 71.3 Å². The maximum Gasteiger partial charge on any atom is 0.104 e. The van der Waals surface area contributed by atoms with Crippen molar-refractivity contribution in [2.24, 2.45) is 5.92 Å². The summed E-state index contributed by atoms with van der Waals surface area (Å²) in [5.74, 6) is 1.69. The van der Waals surface area contributed by atoms with Crippen molar-refractivity contribution >= 4 is 27.5 Å². The molecule has 1 fully saturated rings. The largest absolute Gasteiger partial charge is 0.469 e. The Hall–Kier alpha value is -2.81.